The number of carbonyl (C=O) groups is 1. The van der Waals surface area contributed by atoms with Gasteiger partial charge >= 0.3 is 5.97 Å². The molecule has 0 radical (unpaired) electrons. The van der Waals surface area contributed by atoms with Crippen LogP contribution in [0.15, 0.2) is 30.3 Å². The molecule has 1 aromatic rings. The third-order valence-electron chi connectivity index (χ3n) is 2.34. The molecule has 0 amide bonds. The van der Waals surface area contributed by atoms with Crippen LogP contribution in [0.4, 0.5) is 0 Å². The molecule has 0 spiro atoms. The molecule has 2 atom stereocenters. The van der Waals surface area contributed by atoms with Crippen molar-refractivity contribution in [3.63, 3.8) is 0 Å². The number of aliphatic carboxylic acids is 1. The predicted molar refractivity (Wildman–Crippen MR) is 44.9 cm³/mol. The second kappa shape index (κ2) is 2.63. The molecule has 0 aliphatic heterocycles. The summed E-state index contributed by atoms with van der Waals surface area (Å²) in [4.78, 5) is 10.5. The van der Waals surface area contributed by atoms with Crippen molar-refractivity contribution in [2.45, 2.75) is 12.3 Å². The Hall–Kier alpha value is -1.31. The van der Waals surface area contributed by atoms with Gasteiger partial charge < -0.3 is 5.11 Å². The van der Waals surface area contributed by atoms with Crippen LogP contribution in [0.5, 0.6) is 0 Å². The molecule has 1 aliphatic rings. The molecular weight excluding hydrogens is 152 g/mol. The highest BCUT2D eigenvalue weighted by Crippen LogP contribution is 2.47. The van der Waals surface area contributed by atoms with Gasteiger partial charge in [-0.05, 0) is 17.9 Å². The molecule has 1 aromatic carbocycles. The van der Waals surface area contributed by atoms with E-state index in [1.54, 1.807) is 0 Å². The van der Waals surface area contributed by atoms with Crippen molar-refractivity contribution in [3.8, 4) is 0 Å². The lowest BCUT2D eigenvalue weighted by Crippen LogP contribution is -1.98. The van der Waals surface area contributed by atoms with Crippen LogP contribution in [0.3, 0.4) is 0 Å². The minimum atomic E-state index is -0.663. The smallest absolute Gasteiger partial charge is 0.307 e. The van der Waals surface area contributed by atoms with E-state index in [9.17, 15) is 4.79 Å². The first-order chi connectivity index (χ1) is 5.79. The number of benzene rings is 1. The van der Waals surface area contributed by atoms with Crippen LogP contribution in [0, 0.1) is 5.92 Å². The van der Waals surface area contributed by atoms with E-state index >= 15 is 0 Å². The van der Waals surface area contributed by atoms with Gasteiger partial charge in [-0.3, -0.25) is 4.79 Å². The maximum absolute atomic E-state index is 10.5. The minimum Gasteiger partial charge on any atom is -0.481 e. The highest BCUT2D eigenvalue weighted by Gasteiger charge is 2.43. The Labute approximate surface area is 70.8 Å². The Morgan fingerprint density at radius 1 is 1.33 bits per heavy atom. The molecule has 1 saturated carbocycles. The fraction of sp³-hybridized carbons (Fsp3) is 0.300. The summed E-state index contributed by atoms with van der Waals surface area (Å²) in [6.45, 7) is 0. The van der Waals surface area contributed by atoms with Gasteiger partial charge in [0.05, 0.1) is 5.92 Å². The Bertz CT molecular complexity index is 292. The summed E-state index contributed by atoms with van der Waals surface area (Å²) in [6.07, 6.45) is 0.805. The molecule has 2 rings (SSSR count). The van der Waals surface area contributed by atoms with Crippen molar-refractivity contribution in [1.29, 1.82) is 0 Å². The van der Waals surface area contributed by atoms with Crippen molar-refractivity contribution in [1.82, 2.24) is 0 Å². The van der Waals surface area contributed by atoms with Crippen molar-refractivity contribution in [2.24, 2.45) is 5.92 Å². The van der Waals surface area contributed by atoms with E-state index in [0.717, 1.165) is 12.0 Å². The Balaban J connectivity index is 2.11. The summed E-state index contributed by atoms with van der Waals surface area (Å²) in [5.41, 5.74) is 1.16. The molecule has 62 valence electrons. The number of carboxylic acid groups (broad SMARTS) is 1. The van der Waals surface area contributed by atoms with Gasteiger partial charge in [-0.25, -0.2) is 0 Å². The lowest BCUT2D eigenvalue weighted by molar-refractivity contribution is -0.138. The van der Waals surface area contributed by atoms with Gasteiger partial charge in [0.2, 0.25) is 0 Å². The van der Waals surface area contributed by atoms with E-state index in [2.05, 4.69) is 0 Å². The van der Waals surface area contributed by atoms with Crippen molar-refractivity contribution in [3.05, 3.63) is 35.9 Å². The standard InChI is InChI=1S/C10H10O2/c11-10(12)9-6-8(9)7-4-2-1-3-5-7/h1-5,8-9H,6H2,(H,11,12)/t8-,9?/m0/s1. The van der Waals surface area contributed by atoms with E-state index in [1.165, 1.54) is 0 Å². The summed E-state index contributed by atoms with van der Waals surface area (Å²) in [7, 11) is 0. The van der Waals surface area contributed by atoms with Crippen LogP contribution < -0.4 is 0 Å². The first kappa shape index (κ1) is 7.35. The van der Waals surface area contributed by atoms with Gasteiger partial charge in [-0.2, -0.15) is 0 Å². The zero-order chi connectivity index (χ0) is 8.55. The average Bonchev–Trinajstić information content (AvgIpc) is 2.84. The molecule has 0 aromatic heterocycles. The van der Waals surface area contributed by atoms with Gasteiger partial charge in [0.25, 0.3) is 0 Å². The third-order valence-corrected chi connectivity index (χ3v) is 2.34. The molecule has 1 unspecified atom stereocenters. The average molecular weight is 162 g/mol. The Morgan fingerprint density at radius 3 is 2.50 bits per heavy atom. The highest BCUT2D eigenvalue weighted by molar-refractivity contribution is 5.75. The van der Waals surface area contributed by atoms with Crippen molar-refractivity contribution < 1.29 is 9.90 Å². The molecule has 12 heavy (non-hydrogen) atoms. The van der Waals surface area contributed by atoms with E-state index < -0.39 is 5.97 Å². The maximum Gasteiger partial charge on any atom is 0.307 e. The van der Waals surface area contributed by atoms with Crippen molar-refractivity contribution in [2.75, 3.05) is 0 Å². The predicted octanol–water partition coefficient (Wildman–Crippen LogP) is 1.87. The molecule has 2 heteroatoms. The van der Waals surface area contributed by atoms with E-state index in [4.69, 9.17) is 5.11 Å². The summed E-state index contributed by atoms with van der Waals surface area (Å²) in [6, 6.07) is 9.84. The van der Waals surface area contributed by atoms with E-state index in [0.29, 0.717) is 0 Å². The minimum absolute atomic E-state index is 0.132. The maximum atomic E-state index is 10.5. The SMILES string of the molecule is O=C(O)C1C[C@H]1c1ccccc1. The summed E-state index contributed by atoms with van der Waals surface area (Å²) < 4.78 is 0. The second-order valence-corrected chi connectivity index (χ2v) is 3.20. The zero-order valence-corrected chi connectivity index (χ0v) is 6.60. The number of rotatable bonds is 2. The van der Waals surface area contributed by atoms with Gasteiger partial charge in [-0.1, -0.05) is 30.3 Å². The van der Waals surface area contributed by atoms with Crippen LogP contribution >= 0.6 is 0 Å². The molecule has 0 bridgehead atoms. The van der Waals surface area contributed by atoms with Crippen LogP contribution in [0.1, 0.15) is 17.9 Å². The molecule has 1 N–H and O–H groups in total. The second-order valence-electron chi connectivity index (χ2n) is 3.20. The Kier molecular flexibility index (Phi) is 1.61. The van der Waals surface area contributed by atoms with Crippen LogP contribution in [-0.4, -0.2) is 11.1 Å². The van der Waals surface area contributed by atoms with E-state index in [1.807, 2.05) is 30.3 Å². The molecule has 1 aliphatic carbocycles. The molecule has 0 heterocycles. The van der Waals surface area contributed by atoms with Gasteiger partial charge in [-0.15, -0.1) is 0 Å². The Morgan fingerprint density at radius 2 is 2.00 bits per heavy atom. The van der Waals surface area contributed by atoms with Crippen LogP contribution in [-0.2, 0) is 4.79 Å². The number of carboxylic acids is 1. The fourth-order valence-corrected chi connectivity index (χ4v) is 1.54. The largest absolute Gasteiger partial charge is 0.481 e. The van der Waals surface area contributed by atoms with Crippen LogP contribution in [0.25, 0.3) is 0 Å². The summed E-state index contributed by atoms with van der Waals surface area (Å²) >= 11 is 0. The quantitative estimate of drug-likeness (QED) is 0.720. The lowest BCUT2D eigenvalue weighted by atomic mass is 10.1. The number of hydrogen-bond acceptors (Lipinski definition) is 1. The molecular formula is C10H10O2. The van der Waals surface area contributed by atoms with Gasteiger partial charge in [0.1, 0.15) is 0 Å². The summed E-state index contributed by atoms with van der Waals surface area (Å²) in [5, 5.41) is 8.68. The topological polar surface area (TPSA) is 37.3 Å². The monoisotopic (exact) mass is 162 g/mol. The number of hydrogen-bond donors (Lipinski definition) is 1. The van der Waals surface area contributed by atoms with E-state index in [-0.39, 0.29) is 11.8 Å². The first-order valence-electron chi connectivity index (χ1n) is 4.07. The normalized spacial score (nSPS) is 26.7. The van der Waals surface area contributed by atoms with Gasteiger partial charge in [0.15, 0.2) is 0 Å². The third kappa shape index (κ3) is 1.20. The molecule has 2 nitrogen and oxygen atoms in total. The van der Waals surface area contributed by atoms with Crippen molar-refractivity contribution >= 4 is 5.97 Å². The zero-order valence-electron chi connectivity index (χ0n) is 6.60. The first-order valence-corrected chi connectivity index (χ1v) is 4.07. The van der Waals surface area contributed by atoms with Crippen LogP contribution in [0.2, 0.25) is 0 Å². The highest BCUT2D eigenvalue weighted by atomic mass is 16.4. The molecule has 1 fully saturated rings. The summed E-state index contributed by atoms with van der Waals surface area (Å²) in [5.74, 6) is -0.528. The molecule has 0 saturated heterocycles. The fourth-order valence-electron chi connectivity index (χ4n) is 1.54. The van der Waals surface area contributed by atoms with Gasteiger partial charge in [0, 0.05) is 0 Å². The lowest BCUT2D eigenvalue weighted by Gasteiger charge is -1.95.